The predicted octanol–water partition coefficient (Wildman–Crippen LogP) is 3.14. The molecule has 1 aromatic heterocycles. The van der Waals surface area contributed by atoms with E-state index in [9.17, 15) is 0 Å². The van der Waals surface area contributed by atoms with Crippen LogP contribution in [0.25, 0.3) is 5.57 Å². The topological polar surface area (TPSA) is 12.9 Å². The first-order valence-electron chi connectivity index (χ1n) is 4.29. The summed E-state index contributed by atoms with van der Waals surface area (Å²) in [5, 5.41) is 0. The predicted molar refractivity (Wildman–Crippen MR) is 52.7 cm³/mol. The van der Waals surface area contributed by atoms with Gasteiger partial charge in [0.25, 0.3) is 0 Å². The second-order valence-electron chi connectivity index (χ2n) is 3.42. The summed E-state index contributed by atoms with van der Waals surface area (Å²) in [6.45, 7) is 8.38. The molecule has 0 atom stereocenters. The summed E-state index contributed by atoms with van der Waals surface area (Å²) in [5.74, 6) is 0.652. The quantitative estimate of drug-likeness (QED) is 0.663. The Morgan fingerprint density at radius 1 is 1.50 bits per heavy atom. The smallest absolute Gasteiger partial charge is 0.0655 e. The van der Waals surface area contributed by atoms with Crippen LogP contribution in [0.5, 0.6) is 0 Å². The van der Waals surface area contributed by atoms with Crippen molar-refractivity contribution < 1.29 is 0 Å². The minimum atomic E-state index is 0.652. The molecular weight excluding hydrogens is 146 g/mol. The molecule has 0 aromatic carbocycles. The Bertz CT molecular complexity index is 249. The van der Waals surface area contributed by atoms with Crippen molar-refractivity contribution in [1.82, 2.24) is 4.98 Å². The van der Waals surface area contributed by atoms with Crippen LogP contribution in [0.15, 0.2) is 31.0 Å². The number of pyridine rings is 1. The van der Waals surface area contributed by atoms with Gasteiger partial charge in [-0.05, 0) is 30.0 Å². The standard InChI is InChI=1S/C11H15N/c1-9(2)8-10(3)11-6-4-5-7-12-11/h4-7,9H,3,8H2,1-2H3. The molecule has 0 aliphatic carbocycles. The normalized spacial score (nSPS) is 10.2. The first-order valence-corrected chi connectivity index (χ1v) is 4.29. The summed E-state index contributed by atoms with van der Waals surface area (Å²) in [6.07, 6.45) is 2.83. The maximum absolute atomic E-state index is 4.23. The lowest BCUT2D eigenvalue weighted by Gasteiger charge is -2.06. The van der Waals surface area contributed by atoms with Crippen LogP contribution >= 0.6 is 0 Å². The van der Waals surface area contributed by atoms with Crippen LogP contribution in [-0.4, -0.2) is 4.98 Å². The van der Waals surface area contributed by atoms with E-state index in [0.717, 1.165) is 17.7 Å². The average Bonchev–Trinajstić information content (AvgIpc) is 2.05. The molecule has 1 aromatic rings. The first kappa shape index (κ1) is 8.98. The molecule has 0 aliphatic rings. The van der Waals surface area contributed by atoms with E-state index in [1.165, 1.54) is 0 Å². The first-order chi connectivity index (χ1) is 5.70. The lowest BCUT2D eigenvalue weighted by Crippen LogP contribution is -1.92. The molecule has 1 heterocycles. The molecule has 0 spiro atoms. The fraction of sp³-hybridized carbons (Fsp3) is 0.364. The highest BCUT2D eigenvalue weighted by atomic mass is 14.7. The van der Waals surface area contributed by atoms with Crippen molar-refractivity contribution >= 4 is 5.57 Å². The second-order valence-corrected chi connectivity index (χ2v) is 3.42. The summed E-state index contributed by atoms with van der Waals surface area (Å²) in [5.41, 5.74) is 2.15. The fourth-order valence-corrected chi connectivity index (χ4v) is 1.17. The Hall–Kier alpha value is -1.11. The van der Waals surface area contributed by atoms with Gasteiger partial charge in [0.15, 0.2) is 0 Å². The highest BCUT2D eigenvalue weighted by Gasteiger charge is 2.01. The number of allylic oxidation sites excluding steroid dienone is 1. The van der Waals surface area contributed by atoms with Crippen molar-refractivity contribution in [3.63, 3.8) is 0 Å². The summed E-state index contributed by atoms with van der Waals surface area (Å²) >= 11 is 0. The Kier molecular flexibility index (Phi) is 3.03. The minimum absolute atomic E-state index is 0.652. The maximum Gasteiger partial charge on any atom is 0.0655 e. The molecule has 0 amide bonds. The van der Waals surface area contributed by atoms with E-state index in [1.54, 1.807) is 6.20 Å². The van der Waals surface area contributed by atoms with Gasteiger partial charge in [-0.1, -0.05) is 26.5 Å². The monoisotopic (exact) mass is 161 g/mol. The van der Waals surface area contributed by atoms with Gasteiger partial charge >= 0.3 is 0 Å². The van der Waals surface area contributed by atoms with Crippen LogP contribution in [0, 0.1) is 5.92 Å². The fourth-order valence-electron chi connectivity index (χ4n) is 1.17. The van der Waals surface area contributed by atoms with Crippen LogP contribution in [-0.2, 0) is 0 Å². The van der Waals surface area contributed by atoms with Gasteiger partial charge in [0, 0.05) is 6.20 Å². The third-order valence-corrected chi connectivity index (χ3v) is 1.68. The molecule has 0 aliphatic heterocycles. The van der Waals surface area contributed by atoms with E-state index in [1.807, 2.05) is 18.2 Å². The lowest BCUT2D eigenvalue weighted by atomic mass is 10.0. The van der Waals surface area contributed by atoms with Crippen LogP contribution in [0.4, 0.5) is 0 Å². The van der Waals surface area contributed by atoms with Gasteiger partial charge in [-0.3, -0.25) is 4.98 Å². The number of nitrogens with zero attached hydrogens (tertiary/aromatic N) is 1. The molecule has 0 fully saturated rings. The Labute approximate surface area is 74.2 Å². The number of hydrogen-bond acceptors (Lipinski definition) is 1. The second kappa shape index (κ2) is 4.05. The lowest BCUT2D eigenvalue weighted by molar-refractivity contribution is 0.673. The maximum atomic E-state index is 4.23. The van der Waals surface area contributed by atoms with Crippen molar-refractivity contribution in [3.8, 4) is 0 Å². The molecule has 0 unspecified atom stereocenters. The molecule has 12 heavy (non-hydrogen) atoms. The van der Waals surface area contributed by atoms with Gasteiger partial charge in [-0.25, -0.2) is 0 Å². The van der Waals surface area contributed by atoms with Crippen LogP contribution in [0.2, 0.25) is 0 Å². The molecule has 1 nitrogen and oxygen atoms in total. The van der Waals surface area contributed by atoms with Crippen LogP contribution in [0.3, 0.4) is 0 Å². The largest absolute Gasteiger partial charge is 0.257 e. The van der Waals surface area contributed by atoms with Gasteiger partial charge in [0.2, 0.25) is 0 Å². The van der Waals surface area contributed by atoms with E-state index in [2.05, 4.69) is 25.4 Å². The Morgan fingerprint density at radius 2 is 2.25 bits per heavy atom. The van der Waals surface area contributed by atoms with Crippen molar-refractivity contribution in [1.29, 1.82) is 0 Å². The third-order valence-electron chi connectivity index (χ3n) is 1.68. The molecule has 0 radical (unpaired) electrons. The molecule has 0 saturated heterocycles. The van der Waals surface area contributed by atoms with Gasteiger partial charge in [0.1, 0.15) is 0 Å². The molecular formula is C11H15N. The van der Waals surface area contributed by atoms with Crippen LogP contribution < -0.4 is 0 Å². The number of hydrogen-bond donors (Lipinski definition) is 0. The van der Waals surface area contributed by atoms with Crippen molar-refractivity contribution in [3.05, 3.63) is 36.7 Å². The minimum Gasteiger partial charge on any atom is -0.257 e. The molecule has 0 bridgehead atoms. The van der Waals surface area contributed by atoms with E-state index in [-0.39, 0.29) is 0 Å². The van der Waals surface area contributed by atoms with Gasteiger partial charge in [0.05, 0.1) is 5.69 Å². The molecule has 0 N–H and O–H groups in total. The summed E-state index contributed by atoms with van der Waals surface area (Å²) < 4.78 is 0. The highest BCUT2D eigenvalue weighted by molar-refractivity contribution is 5.59. The summed E-state index contributed by atoms with van der Waals surface area (Å²) in [4.78, 5) is 4.23. The Balaban J connectivity index is 2.66. The van der Waals surface area contributed by atoms with Gasteiger partial charge < -0.3 is 0 Å². The number of aromatic nitrogens is 1. The Morgan fingerprint density at radius 3 is 2.75 bits per heavy atom. The molecule has 1 heteroatoms. The SMILES string of the molecule is C=C(CC(C)C)c1ccccn1. The van der Waals surface area contributed by atoms with Crippen LogP contribution in [0.1, 0.15) is 26.0 Å². The van der Waals surface area contributed by atoms with Gasteiger partial charge in [-0.2, -0.15) is 0 Å². The third kappa shape index (κ3) is 2.50. The molecule has 1 rings (SSSR count). The van der Waals surface area contributed by atoms with Crippen molar-refractivity contribution in [2.75, 3.05) is 0 Å². The van der Waals surface area contributed by atoms with Gasteiger partial charge in [-0.15, -0.1) is 0 Å². The van der Waals surface area contributed by atoms with Crippen molar-refractivity contribution in [2.24, 2.45) is 5.92 Å². The summed E-state index contributed by atoms with van der Waals surface area (Å²) in [7, 11) is 0. The van der Waals surface area contributed by atoms with E-state index >= 15 is 0 Å². The molecule has 64 valence electrons. The average molecular weight is 161 g/mol. The van der Waals surface area contributed by atoms with E-state index in [0.29, 0.717) is 5.92 Å². The van der Waals surface area contributed by atoms with Crippen molar-refractivity contribution in [2.45, 2.75) is 20.3 Å². The van der Waals surface area contributed by atoms with E-state index < -0.39 is 0 Å². The molecule has 0 saturated carbocycles. The van der Waals surface area contributed by atoms with E-state index in [4.69, 9.17) is 0 Å². The zero-order valence-corrected chi connectivity index (χ0v) is 7.75. The zero-order valence-electron chi connectivity index (χ0n) is 7.75. The summed E-state index contributed by atoms with van der Waals surface area (Å²) in [6, 6.07) is 5.92. The zero-order chi connectivity index (χ0) is 8.97. The number of rotatable bonds is 3. The highest BCUT2D eigenvalue weighted by Crippen LogP contribution is 2.17.